The Bertz CT molecular complexity index is 1490. The molecule has 1 amide bonds. The molecule has 214 valence electrons. The Labute approximate surface area is 232 Å². The molecule has 4 rings (SSSR count). The topological polar surface area (TPSA) is 115 Å². The fourth-order valence-electron chi connectivity index (χ4n) is 4.12. The smallest absolute Gasteiger partial charge is 0.441 e. The molecule has 1 unspecified atom stereocenters. The third kappa shape index (κ3) is 5.94. The fraction of sp³-hybridized carbons (Fsp3) is 0.280. The van der Waals surface area contributed by atoms with Crippen LogP contribution < -0.4 is 9.57 Å². The number of benzene rings is 2. The number of carboxylic acid groups (broad SMARTS) is 1. The lowest BCUT2D eigenvalue weighted by Gasteiger charge is -2.33. The van der Waals surface area contributed by atoms with Crippen LogP contribution in [0, 0.1) is 0 Å². The molecule has 1 aliphatic heterocycles. The number of ether oxygens (including phenoxy) is 2. The van der Waals surface area contributed by atoms with Crippen molar-refractivity contribution >= 4 is 27.9 Å². The molecule has 0 aliphatic carbocycles. The zero-order valence-corrected chi connectivity index (χ0v) is 22.5. The molecule has 40 heavy (non-hydrogen) atoms. The van der Waals surface area contributed by atoms with Crippen LogP contribution >= 0.6 is 11.6 Å². The minimum Gasteiger partial charge on any atom is -0.491 e. The number of halogens is 4. The normalized spacial score (nSPS) is 16.8. The lowest BCUT2D eigenvalue weighted by molar-refractivity contribution is -0.994. The third-order valence-corrected chi connectivity index (χ3v) is 8.34. The Balaban J connectivity index is 1.81. The number of nitrogens with zero attached hydrogens (tertiary/aromatic N) is 3. The van der Waals surface area contributed by atoms with Crippen LogP contribution in [0.2, 0.25) is 5.02 Å². The van der Waals surface area contributed by atoms with Gasteiger partial charge in [-0.1, -0.05) is 54.1 Å². The summed E-state index contributed by atoms with van der Waals surface area (Å²) < 4.78 is 77.4. The van der Waals surface area contributed by atoms with Gasteiger partial charge in [-0.2, -0.15) is 17.5 Å². The molecule has 0 saturated carbocycles. The summed E-state index contributed by atoms with van der Waals surface area (Å²) in [6, 6.07) is 13.4. The summed E-state index contributed by atoms with van der Waals surface area (Å²) in [6.45, 7) is -1.05. The van der Waals surface area contributed by atoms with Gasteiger partial charge in [-0.05, 0) is 21.7 Å². The van der Waals surface area contributed by atoms with Crippen molar-refractivity contribution in [1.29, 1.82) is 0 Å². The molecule has 0 saturated heterocycles. The maximum Gasteiger partial charge on any atom is 0.441 e. The average Bonchev–Trinajstić information content (AvgIpc) is 3.29. The van der Waals surface area contributed by atoms with E-state index in [1.165, 1.54) is 7.11 Å². The second-order valence-electron chi connectivity index (χ2n) is 8.72. The highest BCUT2D eigenvalue weighted by atomic mass is 35.5. The molecule has 15 heteroatoms. The Morgan fingerprint density at radius 2 is 1.85 bits per heavy atom. The summed E-state index contributed by atoms with van der Waals surface area (Å²) in [5.41, 5.74) is 0.0495. The van der Waals surface area contributed by atoms with Crippen LogP contribution in [0.25, 0.3) is 0 Å². The lowest BCUT2D eigenvalue weighted by atomic mass is 10.1. The number of fused-ring (bicyclic) bond motifs is 1. The summed E-state index contributed by atoms with van der Waals surface area (Å²) >= 11 is 6.06. The minimum atomic E-state index is -4.97. The zero-order valence-electron chi connectivity index (χ0n) is 21.0. The van der Waals surface area contributed by atoms with Crippen LogP contribution in [0.5, 0.6) is 11.6 Å². The minimum absolute atomic E-state index is 0.141. The van der Waals surface area contributed by atoms with Gasteiger partial charge in [0, 0.05) is 18.9 Å². The van der Waals surface area contributed by atoms with Gasteiger partial charge in [0.05, 0.1) is 24.3 Å². The summed E-state index contributed by atoms with van der Waals surface area (Å²) in [4.78, 5) is 21.8. The maximum absolute atomic E-state index is 14.2. The number of amides is 1. The molecule has 1 aromatic heterocycles. The Hall–Kier alpha value is -3.59. The molecule has 2 heterocycles. The second-order valence-corrected chi connectivity index (χ2v) is 11.1. The van der Waals surface area contributed by atoms with Gasteiger partial charge in [0.25, 0.3) is 0 Å². The quantitative estimate of drug-likeness (QED) is 0.254. The maximum atomic E-state index is 14.2. The van der Waals surface area contributed by atoms with E-state index in [9.17, 15) is 31.5 Å². The van der Waals surface area contributed by atoms with Crippen LogP contribution in [0.4, 0.5) is 18.0 Å². The highest BCUT2D eigenvalue weighted by molar-refractivity contribution is 7.83. The highest BCUT2D eigenvalue weighted by Gasteiger charge is 2.57. The molecule has 0 spiro atoms. The zero-order chi connectivity index (χ0) is 29.1. The number of aromatic nitrogens is 1. The third-order valence-electron chi connectivity index (χ3n) is 6.05. The van der Waals surface area contributed by atoms with Gasteiger partial charge >= 0.3 is 28.4 Å². The van der Waals surface area contributed by atoms with Crippen molar-refractivity contribution in [3.8, 4) is 11.6 Å². The predicted molar refractivity (Wildman–Crippen MR) is 135 cm³/mol. The number of carbonyl (C=O) groups is 1. The van der Waals surface area contributed by atoms with Crippen LogP contribution in [0.3, 0.4) is 0 Å². The number of quaternary nitrogens is 1. The van der Waals surface area contributed by atoms with Crippen molar-refractivity contribution in [1.82, 2.24) is 9.29 Å². The molecule has 10 nitrogen and oxygen atoms in total. The molecule has 0 fully saturated rings. The molecular formula is C25H24ClF3N3O7S+. The van der Waals surface area contributed by atoms with Gasteiger partial charge in [-0.25, -0.2) is 9.78 Å². The van der Waals surface area contributed by atoms with E-state index in [-0.39, 0.29) is 17.5 Å². The molecular weight excluding hydrogens is 579 g/mol. The van der Waals surface area contributed by atoms with Crippen LogP contribution in [-0.2, 0) is 40.8 Å². The van der Waals surface area contributed by atoms with Crippen molar-refractivity contribution in [3.05, 3.63) is 88.1 Å². The van der Waals surface area contributed by atoms with E-state index >= 15 is 0 Å². The van der Waals surface area contributed by atoms with E-state index in [2.05, 4.69) is 4.98 Å². The largest absolute Gasteiger partial charge is 0.491 e. The Kier molecular flexibility index (Phi) is 8.44. The van der Waals surface area contributed by atoms with Crippen molar-refractivity contribution in [2.24, 2.45) is 0 Å². The molecule has 1 aliphatic rings. The summed E-state index contributed by atoms with van der Waals surface area (Å²) in [7, 11) is -3.49. The molecule has 2 aromatic carbocycles. The highest BCUT2D eigenvalue weighted by Crippen LogP contribution is 2.42. The van der Waals surface area contributed by atoms with E-state index in [1.54, 1.807) is 48.5 Å². The first-order valence-corrected chi connectivity index (χ1v) is 13.5. The van der Waals surface area contributed by atoms with E-state index in [1.807, 2.05) is 0 Å². The number of hydrogen-bond donors (Lipinski definition) is 1. The fourth-order valence-corrected chi connectivity index (χ4v) is 5.95. The van der Waals surface area contributed by atoms with Gasteiger partial charge in [-0.15, -0.1) is 8.42 Å². The van der Waals surface area contributed by atoms with E-state index in [0.29, 0.717) is 34.7 Å². The summed E-state index contributed by atoms with van der Waals surface area (Å²) in [5, 5.41) is 9.37. The predicted octanol–water partition coefficient (Wildman–Crippen LogP) is 5.03. The van der Waals surface area contributed by atoms with Crippen molar-refractivity contribution in [3.63, 3.8) is 0 Å². The Morgan fingerprint density at radius 1 is 1.12 bits per heavy atom. The van der Waals surface area contributed by atoms with E-state index in [0.717, 1.165) is 0 Å². The first kappa shape index (κ1) is 29.4. The number of pyridine rings is 1. The van der Waals surface area contributed by atoms with Crippen LogP contribution in [-0.4, -0.2) is 53.3 Å². The number of hydrogen-bond acceptors (Lipinski definition) is 7. The lowest BCUT2D eigenvalue weighted by Crippen LogP contribution is -2.58. The summed E-state index contributed by atoms with van der Waals surface area (Å²) in [5.74, 6) is -0.317. The van der Waals surface area contributed by atoms with Gasteiger partial charge in [-0.3, -0.25) is 4.84 Å². The van der Waals surface area contributed by atoms with Gasteiger partial charge < -0.3 is 14.6 Å². The monoisotopic (exact) mass is 602 g/mol. The first-order valence-electron chi connectivity index (χ1n) is 11.7. The van der Waals surface area contributed by atoms with E-state index < -0.39 is 62.6 Å². The van der Waals surface area contributed by atoms with Gasteiger partial charge in [0.15, 0.2) is 13.1 Å². The Morgan fingerprint density at radius 3 is 2.48 bits per heavy atom. The van der Waals surface area contributed by atoms with Gasteiger partial charge in [0.1, 0.15) is 17.4 Å². The number of hydroxylamine groups is 2. The summed E-state index contributed by atoms with van der Waals surface area (Å²) in [6.07, 6.45) is -6.10. The van der Waals surface area contributed by atoms with Gasteiger partial charge in [0.2, 0.25) is 0 Å². The first-order chi connectivity index (χ1) is 18.9. The van der Waals surface area contributed by atoms with Crippen LogP contribution in [0.15, 0.2) is 60.8 Å². The SMILES string of the molecule is COCCOc1cccc2c1C[N+](Oc1ncc(C(F)(F)F)cc1Cl)(S(=O)(=O)N(Cc1ccccc1)C(=O)O)C2. The second kappa shape index (κ2) is 11.5. The molecule has 1 N–H and O–H groups in total. The molecule has 1 atom stereocenters. The number of methoxy groups -OCH3 is 1. The standard InChI is InChI=1S/C25H23ClF3N3O7S/c1-37-10-11-38-22-9-5-8-18-15-32(16-20(18)22,39-23-21(26)12-19(13-30-23)25(27,28)29)40(35,36)31(24(33)34)14-17-6-3-2-4-7-17/h2-9,12-13H,10-11,14-16H2,1H3/p+1. The van der Waals surface area contributed by atoms with Crippen molar-refractivity contribution in [2.45, 2.75) is 25.8 Å². The molecule has 3 aromatic rings. The molecule has 0 radical (unpaired) electrons. The molecule has 0 bridgehead atoms. The van der Waals surface area contributed by atoms with Crippen molar-refractivity contribution < 1.29 is 49.9 Å². The van der Waals surface area contributed by atoms with E-state index in [4.69, 9.17) is 25.9 Å². The van der Waals surface area contributed by atoms with Crippen molar-refractivity contribution in [2.75, 3.05) is 20.3 Å². The number of alkyl halides is 3. The average molecular weight is 603 g/mol. The number of rotatable bonds is 10. The van der Waals surface area contributed by atoms with Crippen LogP contribution in [0.1, 0.15) is 22.3 Å².